The lowest BCUT2D eigenvalue weighted by atomic mass is 10.2. The van der Waals surface area contributed by atoms with E-state index in [2.05, 4.69) is 19.6 Å². The number of carbonyl (C=O) groups is 1. The molecule has 4 heteroatoms. The average Bonchev–Trinajstić information content (AvgIpc) is 2.43. The first-order valence-corrected chi connectivity index (χ1v) is 6.74. The van der Waals surface area contributed by atoms with E-state index in [9.17, 15) is 4.79 Å². The Balaban J connectivity index is 0. The number of rotatable bonds is 5. The molecule has 0 aliphatic heterocycles. The van der Waals surface area contributed by atoms with Crippen molar-refractivity contribution < 1.29 is 9.90 Å². The van der Waals surface area contributed by atoms with E-state index in [1.165, 1.54) is 12.6 Å². The molecule has 1 amide bonds. The topological polar surface area (TPSA) is 89.3 Å². The first-order valence-electron chi connectivity index (χ1n) is 6.74. The first-order chi connectivity index (χ1) is 9.10. The van der Waals surface area contributed by atoms with Crippen molar-refractivity contribution in [3.63, 3.8) is 0 Å². The van der Waals surface area contributed by atoms with Gasteiger partial charge in [-0.1, -0.05) is 38.8 Å². The van der Waals surface area contributed by atoms with Gasteiger partial charge in [0.15, 0.2) is 0 Å². The normalized spacial score (nSPS) is 8.63. The second kappa shape index (κ2) is 14.5. The van der Waals surface area contributed by atoms with Crippen LogP contribution in [0.25, 0.3) is 0 Å². The molecule has 0 aliphatic carbocycles. The van der Waals surface area contributed by atoms with E-state index < -0.39 is 0 Å². The van der Waals surface area contributed by atoms with Crippen LogP contribution in [-0.4, -0.2) is 18.1 Å². The van der Waals surface area contributed by atoms with Gasteiger partial charge in [0.2, 0.25) is 5.91 Å². The Morgan fingerprint density at radius 1 is 1.11 bits per heavy atom. The lowest BCUT2D eigenvalue weighted by molar-refractivity contribution is -0.118. The molecule has 0 spiro atoms. The summed E-state index contributed by atoms with van der Waals surface area (Å²) in [6.07, 6.45) is 4.79. The Bertz CT molecular complexity index is 310. The summed E-state index contributed by atoms with van der Waals surface area (Å²) in [5, 5.41) is 8.85. The highest BCUT2D eigenvalue weighted by molar-refractivity contribution is 5.73. The molecule has 0 fully saturated rings. The third kappa shape index (κ3) is 14.4. The van der Waals surface area contributed by atoms with Crippen molar-refractivity contribution >= 4 is 5.91 Å². The van der Waals surface area contributed by atoms with Crippen molar-refractivity contribution in [2.45, 2.75) is 46.0 Å². The van der Waals surface area contributed by atoms with Crippen molar-refractivity contribution in [2.75, 3.05) is 7.05 Å². The summed E-state index contributed by atoms with van der Waals surface area (Å²) in [6.45, 7) is 4.19. The molecule has 0 aromatic heterocycles. The minimum Gasteiger partial charge on any atom is -0.508 e. The fourth-order valence-corrected chi connectivity index (χ4v) is 1.28. The minimum atomic E-state index is -0.182. The predicted molar refractivity (Wildman–Crippen MR) is 80.9 cm³/mol. The second-order valence-corrected chi connectivity index (χ2v) is 3.94. The van der Waals surface area contributed by atoms with Gasteiger partial charge in [0.25, 0.3) is 0 Å². The molecule has 0 unspecified atom stereocenters. The van der Waals surface area contributed by atoms with Gasteiger partial charge < -0.3 is 16.6 Å². The number of phenolic OH excluding ortho intramolecular Hbond substituents is 1. The van der Waals surface area contributed by atoms with Crippen molar-refractivity contribution in [2.24, 2.45) is 11.5 Å². The number of hydrogen-bond donors (Lipinski definition) is 3. The van der Waals surface area contributed by atoms with Crippen LogP contribution in [0.2, 0.25) is 0 Å². The van der Waals surface area contributed by atoms with Gasteiger partial charge in [-0.05, 0) is 37.6 Å². The number of aryl methyl sites for hydroxylation is 1. The van der Waals surface area contributed by atoms with Gasteiger partial charge in [0.05, 0.1) is 0 Å². The van der Waals surface area contributed by atoms with Crippen LogP contribution in [0.4, 0.5) is 0 Å². The SMILES string of the molecule is CCCCCC(N)=O.CCc1ccc(O)cc1.CN. The van der Waals surface area contributed by atoms with Gasteiger partial charge in [-0.2, -0.15) is 0 Å². The number of amides is 1. The van der Waals surface area contributed by atoms with Crippen LogP contribution in [-0.2, 0) is 11.2 Å². The Labute approximate surface area is 116 Å². The van der Waals surface area contributed by atoms with Crippen molar-refractivity contribution in [3.05, 3.63) is 29.8 Å². The molecule has 0 saturated carbocycles. The molecular formula is C15H28N2O2. The molecule has 0 bridgehead atoms. The van der Waals surface area contributed by atoms with Crippen LogP contribution in [0.3, 0.4) is 0 Å². The van der Waals surface area contributed by atoms with Gasteiger partial charge in [0.1, 0.15) is 5.75 Å². The van der Waals surface area contributed by atoms with Gasteiger partial charge in [-0.25, -0.2) is 0 Å². The number of nitrogens with two attached hydrogens (primary N) is 2. The number of unbranched alkanes of at least 4 members (excludes halogenated alkanes) is 2. The molecule has 1 aromatic rings. The summed E-state index contributed by atoms with van der Waals surface area (Å²) in [7, 11) is 1.50. The van der Waals surface area contributed by atoms with Crippen LogP contribution in [0.15, 0.2) is 24.3 Å². The summed E-state index contributed by atoms with van der Waals surface area (Å²) >= 11 is 0. The molecule has 0 atom stereocenters. The van der Waals surface area contributed by atoms with Crippen LogP contribution < -0.4 is 11.5 Å². The minimum absolute atomic E-state index is 0.182. The quantitative estimate of drug-likeness (QED) is 0.717. The maximum absolute atomic E-state index is 10.1. The number of carbonyl (C=O) groups excluding carboxylic acids is 1. The Morgan fingerprint density at radius 2 is 1.63 bits per heavy atom. The van der Waals surface area contributed by atoms with Gasteiger partial charge >= 0.3 is 0 Å². The lowest BCUT2D eigenvalue weighted by Crippen LogP contribution is -2.09. The monoisotopic (exact) mass is 268 g/mol. The molecule has 4 nitrogen and oxygen atoms in total. The molecule has 5 N–H and O–H groups in total. The van der Waals surface area contributed by atoms with Crippen LogP contribution in [0, 0.1) is 0 Å². The zero-order valence-electron chi connectivity index (χ0n) is 12.4. The summed E-state index contributed by atoms with van der Waals surface area (Å²) in [4.78, 5) is 10.1. The maximum atomic E-state index is 10.1. The summed E-state index contributed by atoms with van der Waals surface area (Å²) in [5.41, 5.74) is 10.7. The Hall–Kier alpha value is -1.55. The highest BCUT2D eigenvalue weighted by atomic mass is 16.3. The Morgan fingerprint density at radius 3 is 2.00 bits per heavy atom. The highest BCUT2D eigenvalue weighted by Gasteiger charge is 1.90. The van der Waals surface area contributed by atoms with E-state index in [1.54, 1.807) is 12.1 Å². The standard InChI is InChI=1S/C8H10O.C6H13NO.CH5N/c1-2-7-3-5-8(9)6-4-7;1-2-3-4-5-6(7)8;1-2/h3-6,9H,2H2,1H3;2-5H2,1H3,(H2,7,8);2H2,1H3. The first kappa shape index (κ1) is 19.8. The van der Waals surface area contributed by atoms with Crippen molar-refractivity contribution in [1.29, 1.82) is 0 Å². The van der Waals surface area contributed by atoms with Crippen LogP contribution in [0.1, 0.15) is 45.1 Å². The molecule has 0 heterocycles. The fraction of sp³-hybridized carbons (Fsp3) is 0.533. The number of benzene rings is 1. The molecule has 0 saturated heterocycles. The van der Waals surface area contributed by atoms with Crippen molar-refractivity contribution in [3.8, 4) is 5.75 Å². The van der Waals surface area contributed by atoms with E-state index in [-0.39, 0.29) is 5.91 Å². The van der Waals surface area contributed by atoms with Crippen LogP contribution in [0.5, 0.6) is 5.75 Å². The molecular weight excluding hydrogens is 240 g/mol. The van der Waals surface area contributed by atoms with Crippen LogP contribution >= 0.6 is 0 Å². The van der Waals surface area contributed by atoms with Gasteiger partial charge in [-0.3, -0.25) is 4.79 Å². The van der Waals surface area contributed by atoms with E-state index in [0.717, 1.165) is 25.7 Å². The maximum Gasteiger partial charge on any atom is 0.217 e. The zero-order chi connectivity index (χ0) is 15.1. The average molecular weight is 268 g/mol. The molecule has 1 aromatic carbocycles. The summed E-state index contributed by atoms with van der Waals surface area (Å²) < 4.78 is 0. The van der Waals surface area contributed by atoms with E-state index in [0.29, 0.717) is 12.2 Å². The third-order valence-electron chi connectivity index (χ3n) is 2.37. The number of phenols is 1. The molecule has 110 valence electrons. The number of hydrogen-bond acceptors (Lipinski definition) is 3. The van der Waals surface area contributed by atoms with Gasteiger partial charge in [0, 0.05) is 6.42 Å². The van der Waals surface area contributed by atoms with Crippen molar-refractivity contribution in [1.82, 2.24) is 0 Å². The summed E-state index contributed by atoms with van der Waals surface area (Å²) in [5.74, 6) is 0.158. The number of aromatic hydroxyl groups is 1. The second-order valence-electron chi connectivity index (χ2n) is 3.94. The Kier molecular flexibility index (Phi) is 15.1. The third-order valence-corrected chi connectivity index (χ3v) is 2.37. The molecule has 1 rings (SSSR count). The highest BCUT2D eigenvalue weighted by Crippen LogP contribution is 2.09. The zero-order valence-corrected chi connectivity index (χ0v) is 12.4. The summed E-state index contributed by atoms with van der Waals surface area (Å²) in [6, 6.07) is 7.27. The van der Waals surface area contributed by atoms with E-state index in [1.807, 2.05) is 12.1 Å². The molecule has 0 aliphatic rings. The van der Waals surface area contributed by atoms with Gasteiger partial charge in [-0.15, -0.1) is 0 Å². The molecule has 0 radical (unpaired) electrons. The largest absolute Gasteiger partial charge is 0.508 e. The predicted octanol–water partition coefficient (Wildman–Crippen LogP) is 2.58. The lowest BCUT2D eigenvalue weighted by Gasteiger charge is -1.93. The van der Waals surface area contributed by atoms with E-state index >= 15 is 0 Å². The smallest absolute Gasteiger partial charge is 0.217 e. The number of primary amides is 1. The van der Waals surface area contributed by atoms with E-state index in [4.69, 9.17) is 10.8 Å². The molecule has 19 heavy (non-hydrogen) atoms. The fourth-order valence-electron chi connectivity index (χ4n) is 1.28.